The Hall–Kier alpha value is -2.21. The molecule has 1 amide bonds. The van der Waals surface area contributed by atoms with Crippen molar-refractivity contribution in [1.82, 2.24) is 10.2 Å². The highest BCUT2D eigenvalue weighted by Crippen LogP contribution is 2.40. The average molecular weight is 374 g/mol. The number of rotatable bonds is 7. The van der Waals surface area contributed by atoms with E-state index < -0.39 is 0 Å². The van der Waals surface area contributed by atoms with Gasteiger partial charge in [-0.1, -0.05) is 13.3 Å². The lowest BCUT2D eigenvalue weighted by Crippen LogP contribution is -2.37. The number of amides is 1. The monoisotopic (exact) mass is 374 g/mol. The summed E-state index contributed by atoms with van der Waals surface area (Å²) >= 11 is 0. The second-order valence-electron chi connectivity index (χ2n) is 7.29. The van der Waals surface area contributed by atoms with Crippen LogP contribution in [-0.4, -0.2) is 57.3 Å². The number of hydrogen-bond donors (Lipinski definition) is 1. The molecule has 1 atom stereocenters. The highest BCUT2D eigenvalue weighted by Gasteiger charge is 2.18. The highest BCUT2D eigenvalue weighted by molar-refractivity contribution is 5.91. The fraction of sp³-hybridized carbons (Fsp3) is 0.571. The Balaban J connectivity index is 1.50. The number of piperidine rings is 1. The van der Waals surface area contributed by atoms with Crippen LogP contribution in [0.1, 0.15) is 31.7 Å². The zero-order valence-electron chi connectivity index (χ0n) is 16.3. The fourth-order valence-corrected chi connectivity index (χ4v) is 3.54. The van der Waals surface area contributed by atoms with Crippen LogP contribution >= 0.6 is 0 Å². The van der Waals surface area contributed by atoms with E-state index in [1.807, 2.05) is 12.1 Å². The number of hydrogen-bond acceptors (Lipinski definition) is 5. The van der Waals surface area contributed by atoms with Crippen LogP contribution in [-0.2, 0) is 4.79 Å². The van der Waals surface area contributed by atoms with Crippen molar-refractivity contribution in [3.8, 4) is 17.2 Å². The molecule has 0 aliphatic carbocycles. The quantitative estimate of drug-likeness (QED) is 0.744. The van der Waals surface area contributed by atoms with E-state index in [0.717, 1.165) is 12.1 Å². The Morgan fingerprint density at radius 2 is 2.04 bits per heavy atom. The van der Waals surface area contributed by atoms with Crippen molar-refractivity contribution in [2.24, 2.45) is 5.92 Å². The first kappa shape index (κ1) is 19.5. The number of carbonyl (C=O) groups is 1. The van der Waals surface area contributed by atoms with Gasteiger partial charge in [0.05, 0.1) is 7.11 Å². The topological polar surface area (TPSA) is 60.0 Å². The van der Waals surface area contributed by atoms with Gasteiger partial charge in [0.1, 0.15) is 13.2 Å². The maximum Gasteiger partial charge on any atom is 0.244 e. The lowest BCUT2D eigenvalue weighted by Gasteiger charge is -2.29. The minimum Gasteiger partial charge on any atom is -0.493 e. The molecule has 2 heterocycles. The van der Waals surface area contributed by atoms with Crippen LogP contribution in [0.15, 0.2) is 18.2 Å². The lowest BCUT2D eigenvalue weighted by atomic mass is 10.1. The predicted octanol–water partition coefficient (Wildman–Crippen LogP) is 2.72. The van der Waals surface area contributed by atoms with E-state index in [1.165, 1.54) is 32.4 Å². The van der Waals surface area contributed by atoms with Gasteiger partial charge in [-0.15, -0.1) is 0 Å². The summed E-state index contributed by atoms with van der Waals surface area (Å²) in [4.78, 5) is 14.7. The van der Waals surface area contributed by atoms with Gasteiger partial charge in [-0.25, -0.2) is 0 Å². The summed E-state index contributed by atoms with van der Waals surface area (Å²) in [6, 6.07) is 3.70. The van der Waals surface area contributed by atoms with Gasteiger partial charge in [-0.2, -0.15) is 0 Å². The highest BCUT2D eigenvalue weighted by atomic mass is 16.6. The molecule has 1 fully saturated rings. The van der Waals surface area contributed by atoms with Crippen molar-refractivity contribution >= 4 is 12.0 Å². The van der Waals surface area contributed by atoms with Crippen LogP contribution in [0.5, 0.6) is 17.2 Å². The van der Waals surface area contributed by atoms with E-state index in [2.05, 4.69) is 17.1 Å². The number of carbonyl (C=O) groups excluding carboxylic acids is 1. The molecule has 1 aromatic carbocycles. The maximum absolute atomic E-state index is 12.2. The van der Waals surface area contributed by atoms with Gasteiger partial charge in [0.2, 0.25) is 11.7 Å². The second kappa shape index (κ2) is 9.65. The predicted molar refractivity (Wildman–Crippen MR) is 105 cm³/mol. The minimum atomic E-state index is -0.0886. The van der Waals surface area contributed by atoms with E-state index in [4.69, 9.17) is 14.2 Å². The molecule has 148 valence electrons. The summed E-state index contributed by atoms with van der Waals surface area (Å²) in [6.45, 7) is 7.31. The number of fused-ring (bicyclic) bond motifs is 1. The maximum atomic E-state index is 12.2. The zero-order valence-corrected chi connectivity index (χ0v) is 16.3. The van der Waals surface area contributed by atoms with E-state index in [-0.39, 0.29) is 5.91 Å². The standard InChI is InChI=1S/C21H30N2O4/c1-16(15-23-8-4-3-5-9-23)14-22-20(24)7-6-17-12-18(25-2)21-19(13-17)26-10-11-27-21/h6-7,12-13,16H,3-5,8-11,14-15H2,1-2H3,(H,22,24). The van der Waals surface area contributed by atoms with E-state index in [1.54, 1.807) is 19.3 Å². The van der Waals surface area contributed by atoms with Crippen molar-refractivity contribution in [3.63, 3.8) is 0 Å². The van der Waals surface area contributed by atoms with Crippen molar-refractivity contribution < 1.29 is 19.0 Å². The Morgan fingerprint density at radius 3 is 2.81 bits per heavy atom. The van der Waals surface area contributed by atoms with Crippen molar-refractivity contribution in [3.05, 3.63) is 23.8 Å². The zero-order chi connectivity index (χ0) is 19.1. The third-order valence-electron chi connectivity index (χ3n) is 4.92. The Morgan fingerprint density at radius 1 is 1.26 bits per heavy atom. The number of benzene rings is 1. The number of likely N-dealkylation sites (tertiary alicyclic amines) is 1. The van der Waals surface area contributed by atoms with Crippen molar-refractivity contribution in [2.45, 2.75) is 26.2 Å². The van der Waals surface area contributed by atoms with E-state index >= 15 is 0 Å². The van der Waals surface area contributed by atoms with E-state index in [9.17, 15) is 4.79 Å². The summed E-state index contributed by atoms with van der Waals surface area (Å²) in [6.07, 6.45) is 7.25. The average Bonchev–Trinajstić information content (AvgIpc) is 2.70. The summed E-state index contributed by atoms with van der Waals surface area (Å²) in [5, 5.41) is 2.99. The fourth-order valence-electron chi connectivity index (χ4n) is 3.54. The van der Waals surface area contributed by atoms with Gasteiger partial charge < -0.3 is 24.4 Å². The molecule has 1 saturated heterocycles. The van der Waals surface area contributed by atoms with Gasteiger partial charge in [0, 0.05) is 19.2 Å². The van der Waals surface area contributed by atoms with Gasteiger partial charge >= 0.3 is 0 Å². The molecule has 1 N–H and O–H groups in total. The normalized spacial score (nSPS) is 18.3. The Labute approximate surface area is 161 Å². The van der Waals surface area contributed by atoms with Crippen LogP contribution in [0.4, 0.5) is 0 Å². The molecular weight excluding hydrogens is 344 g/mol. The first-order chi connectivity index (χ1) is 13.2. The molecule has 3 rings (SSSR count). The first-order valence-electron chi connectivity index (χ1n) is 9.81. The van der Waals surface area contributed by atoms with Crippen molar-refractivity contribution in [1.29, 1.82) is 0 Å². The molecule has 0 radical (unpaired) electrons. The molecule has 6 nitrogen and oxygen atoms in total. The molecule has 1 aromatic rings. The number of nitrogens with zero attached hydrogens (tertiary/aromatic N) is 1. The number of nitrogens with one attached hydrogen (secondary N) is 1. The van der Waals surface area contributed by atoms with Crippen LogP contribution < -0.4 is 19.5 Å². The summed E-state index contributed by atoms with van der Waals surface area (Å²) in [5.74, 6) is 2.24. The molecule has 0 bridgehead atoms. The molecule has 2 aliphatic rings. The minimum absolute atomic E-state index is 0.0886. The molecule has 0 spiro atoms. The molecule has 0 aromatic heterocycles. The summed E-state index contributed by atoms with van der Waals surface area (Å²) < 4.78 is 16.6. The van der Waals surface area contributed by atoms with Crippen LogP contribution in [0, 0.1) is 5.92 Å². The van der Waals surface area contributed by atoms with Gasteiger partial charge in [0.25, 0.3) is 0 Å². The van der Waals surface area contributed by atoms with Crippen molar-refractivity contribution in [2.75, 3.05) is 46.5 Å². The smallest absolute Gasteiger partial charge is 0.244 e. The molecule has 27 heavy (non-hydrogen) atoms. The van der Waals surface area contributed by atoms with E-state index in [0.29, 0.717) is 42.9 Å². The third kappa shape index (κ3) is 5.63. The Kier molecular flexibility index (Phi) is 6.98. The molecule has 1 unspecified atom stereocenters. The Bertz CT molecular complexity index is 651. The number of methoxy groups -OCH3 is 1. The molecule has 2 aliphatic heterocycles. The molecular formula is C21H30N2O4. The number of ether oxygens (including phenoxy) is 3. The summed E-state index contributed by atoms with van der Waals surface area (Å²) in [7, 11) is 1.59. The lowest BCUT2D eigenvalue weighted by molar-refractivity contribution is -0.116. The molecule has 6 heteroatoms. The van der Waals surface area contributed by atoms with Crippen LogP contribution in [0.3, 0.4) is 0 Å². The van der Waals surface area contributed by atoms with Gasteiger partial charge in [-0.05, 0) is 55.6 Å². The third-order valence-corrected chi connectivity index (χ3v) is 4.92. The first-order valence-corrected chi connectivity index (χ1v) is 9.81. The van der Waals surface area contributed by atoms with Crippen LogP contribution in [0.25, 0.3) is 6.08 Å². The largest absolute Gasteiger partial charge is 0.493 e. The molecule has 0 saturated carbocycles. The van der Waals surface area contributed by atoms with Crippen LogP contribution in [0.2, 0.25) is 0 Å². The summed E-state index contributed by atoms with van der Waals surface area (Å²) in [5.41, 5.74) is 0.840. The second-order valence-corrected chi connectivity index (χ2v) is 7.29. The van der Waals surface area contributed by atoms with Gasteiger partial charge in [-0.3, -0.25) is 4.79 Å². The van der Waals surface area contributed by atoms with Gasteiger partial charge in [0.15, 0.2) is 11.5 Å². The SMILES string of the molecule is COc1cc(C=CC(=O)NCC(C)CN2CCCCC2)cc2c1OCCO2.